The highest BCUT2D eigenvalue weighted by Crippen LogP contribution is 2.31. The number of carbonyl (C=O) groups is 1. The van der Waals surface area contributed by atoms with Crippen molar-refractivity contribution in [3.05, 3.63) is 53.3 Å². The Morgan fingerprint density at radius 2 is 1.80 bits per heavy atom. The van der Waals surface area contributed by atoms with Gasteiger partial charge in [0.2, 0.25) is 11.8 Å². The third kappa shape index (κ3) is 9.16. The molecule has 0 radical (unpaired) electrons. The van der Waals surface area contributed by atoms with Crippen molar-refractivity contribution >= 4 is 23.6 Å². The number of carbonyl (C=O) groups excluding carboxylic acids is 1. The first-order chi connectivity index (χ1) is 21.8. The van der Waals surface area contributed by atoms with Gasteiger partial charge in [0.05, 0.1) is 18.1 Å². The number of halogens is 1. The average molecular weight is 639 g/mol. The minimum Gasteiger partial charge on any atom is -0.508 e. The lowest BCUT2D eigenvalue weighted by atomic mass is 9.96. The molecule has 0 saturated carbocycles. The number of nitrogens with one attached hydrogen (secondary N) is 2. The molecule has 4 N–H and O–H groups in total. The predicted molar refractivity (Wildman–Crippen MR) is 174 cm³/mol. The molecule has 4 heterocycles. The van der Waals surface area contributed by atoms with E-state index in [0.29, 0.717) is 58.9 Å². The molecule has 13 heteroatoms. The Labute approximate surface area is 269 Å². The van der Waals surface area contributed by atoms with Crippen LogP contribution in [0.4, 0.5) is 10.7 Å². The lowest BCUT2D eigenvalue weighted by Crippen LogP contribution is -2.50. The molecule has 5 rings (SSSR count). The molecular weight excluding hydrogens is 596 g/mol. The zero-order chi connectivity index (χ0) is 31.8. The number of aromatic hydroxyl groups is 1. The molecule has 45 heavy (non-hydrogen) atoms. The van der Waals surface area contributed by atoms with Gasteiger partial charge in [0.1, 0.15) is 5.75 Å². The Hall–Kier alpha value is -3.71. The van der Waals surface area contributed by atoms with Crippen LogP contribution in [0.1, 0.15) is 31.7 Å². The lowest BCUT2D eigenvalue weighted by molar-refractivity contribution is 0.159. The van der Waals surface area contributed by atoms with E-state index >= 15 is 0 Å². The molecule has 0 bridgehead atoms. The number of ether oxygens (including phenoxy) is 1. The van der Waals surface area contributed by atoms with Crippen LogP contribution < -0.4 is 20.3 Å². The van der Waals surface area contributed by atoms with Crippen molar-refractivity contribution in [3.8, 4) is 28.6 Å². The summed E-state index contributed by atoms with van der Waals surface area (Å²) in [4.78, 5) is 32.4. The van der Waals surface area contributed by atoms with Crippen LogP contribution in [0.5, 0.6) is 17.4 Å². The van der Waals surface area contributed by atoms with Crippen molar-refractivity contribution in [1.82, 2.24) is 35.4 Å². The number of benzene rings is 1. The Kier molecular flexibility index (Phi) is 11.3. The highest BCUT2D eigenvalue weighted by molar-refractivity contribution is 6.31. The number of nitrogens with zero attached hydrogens (tertiary/aromatic N) is 6. The fraction of sp³-hybridized carbons (Fsp3) is 0.500. The highest BCUT2D eigenvalue weighted by atomic mass is 35.5. The van der Waals surface area contributed by atoms with Crippen LogP contribution in [-0.4, -0.2) is 107 Å². The Balaban J connectivity index is 1.27. The summed E-state index contributed by atoms with van der Waals surface area (Å²) in [7, 11) is 1.62. The van der Waals surface area contributed by atoms with Crippen LogP contribution in [0, 0.1) is 5.92 Å². The number of hydrogen-bond donors (Lipinski definition) is 4. The number of aliphatic hydroxyl groups is 1. The minimum absolute atomic E-state index is 0.0623. The number of likely N-dealkylation sites (tertiary alicyclic amines) is 1. The second-order valence-corrected chi connectivity index (χ2v) is 12.2. The van der Waals surface area contributed by atoms with Crippen molar-refractivity contribution in [3.63, 3.8) is 0 Å². The normalized spacial score (nSPS) is 17.2. The van der Waals surface area contributed by atoms with E-state index in [-0.39, 0.29) is 18.4 Å². The molecule has 2 amide bonds. The summed E-state index contributed by atoms with van der Waals surface area (Å²) in [6.45, 7) is 8.97. The number of aliphatic hydroxyl groups excluding tert-OH is 1. The fourth-order valence-corrected chi connectivity index (χ4v) is 6.11. The van der Waals surface area contributed by atoms with Crippen LogP contribution in [-0.2, 0) is 6.54 Å². The Morgan fingerprint density at radius 1 is 1.07 bits per heavy atom. The van der Waals surface area contributed by atoms with Gasteiger partial charge >= 0.3 is 6.03 Å². The van der Waals surface area contributed by atoms with Gasteiger partial charge in [-0.2, -0.15) is 0 Å². The zero-order valence-corrected chi connectivity index (χ0v) is 26.7. The first-order valence-corrected chi connectivity index (χ1v) is 16.0. The molecule has 2 aromatic heterocycles. The average Bonchev–Trinajstić information content (AvgIpc) is 3.04. The molecule has 2 fully saturated rings. The standard InChI is InChI=1S/C32H43ClN8O4/c1-22(5-12-42)40-8-10-41(11-9-40)31-35-19-28(20-36-31)45-30-14-24(13-29(38-30)25-15-26(33)17-27(43)16-25)21-39-6-3-23(4-7-39)18-37-32(44)34-2/h13-17,19-20,22-23,42-43H,3-12,18,21H2,1-2H3,(H2,34,37,44). The number of pyridine rings is 1. The maximum Gasteiger partial charge on any atom is 0.314 e. The second-order valence-electron chi connectivity index (χ2n) is 11.8. The number of phenols is 1. The summed E-state index contributed by atoms with van der Waals surface area (Å²) in [6, 6.07) is 9.01. The summed E-state index contributed by atoms with van der Waals surface area (Å²) < 4.78 is 6.18. The topological polar surface area (TPSA) is 139 Å². The van der Waals surface area contributed by atoms with E-state index < -0.39 is 0 Å². The van der Waals surface area contributed by atoms with Gasteiger partial charge in [-0.25, -0.2) is 19.7 Å². The molecule has 1 atom stereocenters. The van der Waals surface area contributed by atoms with Gasteiger partial charge in [0.25, 0.3) is 0 Å². The van der Waals surface area contributed by atoms with Gasteiger partial charge in [-0.05, 0) is 75.0 Å². The van der Waals surface area contributed by atoms with Crippen LogP contribution in [0.25, 0.3) is 11.3 Å². The number of aromatic nitrogens is 3. The van der Waals surface area contributed by atoms with Gasteiger partial charge in [-0.15, -0.1) is 0 Å². The molecule has 0 aliphatic carbocycles. The summed E-state index contributed by atoms with van der Waals surface area (Å²) in [5, 5.41) is 25.4. The number of anilines is 1. The van der Waals surface area contributed by atoms with Crippen molar-refractivity contribution < 1.29 is 19.7 Å². The third-order valence-electron chi connectivity index (χ3n) is 8.54. The quantitative estimate of drug-likeness (QED) is 0.246. The summed E-state index contributed by atoms with van der Waals surface area (Å²) in [6.07, 6.45) is 6.09. The lowest BCUT2D eigenvalue weighted by Gasteiger charge is -2.37. The Morgan fingerprint density at radius 3 is 2.47 bits per heavy atom. The van der Waals surface area contributed by atoms with Gasteiger partial charge in [0, 0.05) is 75.6 Å². The zero-order valence-electron chi connectivity index (χ0n) is 26.0. The number of phenolic OH excluding ortho intramolecular Hbond substituents is 1. The number of hydrogen-bond acceptors (Lipinski definition) is 10. The molecule has 1 unspecified atom stereocenters. The van der Waals surface area contributed by atoms with Crippen LogP contribution >= 0.6 is 11.6 Å². The van der Waals surface area contributed by atoms with Crippen molar-refractivity contribution in [2.45, 2.75) is 38.8 Å². The van der Waals surface area contributed by atoms with E-state index in [0.717, 1.165) is 64.1 Å². The predicted octanol–water partition coefficient (Wildman–Crippen LogP) is 3.72. The number of piperazine rings is 1. The third-order valence-corrected chi connectivity index (χ3v) is 8.75. The number of piperidine rings is 1. The molecule has 2 aliphatic rings. The molecular formula is C32H43ClN8O4. The van der Waals surface area contributed by atoms with E-state index in [1.807, 2.05) is 12.1 Å². The fourth-order valence-electron chi connectivity index (χ4n) is 5.88. The van der Waals surface area contributed by atoms with Gasteiger partial charge in [-0.3, -0.25) is 9.80 Å². The summed E-state index contributed by atoms with van der Waals surface area (Å²) in [5.74, 6) is 2.04. The van der Waals surface area contributed by atoms with Crippen LogP contribution in [0.3, 0.4) is 0 Å². The van der Waals surface area contributed by atoms with Crippen molar-refractivity contribution in [2.24, 2.45) is 5.92 Å². The van der Waals surface area contributed by atoms with E-state index in [2.05, 4.69) is 42.2 Å². The van der Waals surface area contributed by atoms with Crippen LogP contribution in [0.15, 0.2) is 42.7 Å². The molecule has 2 saturated heterocycles. The van der Waals surface area contributed by atoms with Gasteiger partial charge < -0.3 is 30.5 Å². The monoisotopic (exact) mass is 638 g/mol. The SMILES string of the molecule is CNC(=O)NCC1CCN(Cc2cc(Oc3cnc(N4CCN(C(C)CCO)CC4)nc3)nc(-c3cc(O)cc(Cl)c3)c2)CC1. The Bertz CT molecular complexity index is 1390. The number of rotatable bonds is 11. The van der Waals surface area contributed by atoms with E-state index in [1.54, 1.807) is 31.6 Å². The molecule has 0 spiro atoms. The molecule has 3 aromatic rings. The van der Waals surface area contributed by atoms with E-state index in [9.17, 15) is 15.0 Å². The molecule has 12 nitrogen and oxygen atoms in total. The van der Waals surface area contributed by atoms with Crippen LogP contribution in [0.2, 0.25) is 5.02 Å². The molecule has 242 valence electrons. The highest BCUT2D eigenvalue weighted by Gasteiger charge is 2.23. The molecule has 1 aromatic carbocycles. The maximum atomic E-state index is 11.6. The smallest absolute Gasteiger partial charge is 0.314 e. The van der Waals surface area contributed by atoms with Gasteiger partial charge in [0.15, 0.2) is 5.75 Å². The minimum atomic E-state index is -0.149. The van der Waals surface area contributed by atoms with Crippen molar-refractivity contribution in [2.75, 3.05) is 64.4 Å². The summed E-state index contributed by atoms with van der Waals surface area (Å²) >= 11 is 6.26. The van der Waals surface area contributed by atoms with Gasteiger partial charge in [-0.1, -0.05) is 11.6 Å². The number of urea groups is 1. The first kappa shape index (κ1) is 32.7. The first-order valence-electron chi connectivity index (χ1n) is 15.6. The largest absolute Gasteiger partial charge is 0.508 e. The maximum absolute atomic E-state index is 11.6. The van der Waals surface area contributed by atoms with E-state index in [4.69, 9.17) is 21.3 Å². The summed E-state index contributed by atoms with van der Waals surface area (Å²) in [5.41, 5.74) is 2.34. The number of amides is 2. The van der Waals surface area contributed by atoms with E-state index in [1.165, 1.54) is 6.07 Å². The second kappa shape index (κ2) is 15.5. The van der Waals surface area contributed by atoms with Crippen molar-refractivity contribution in [1.29, 1.82) is 0 Å². The molecule has 2 aliphatic heterocycles.